The normalized spacial score (nSPS) is 14.2. The standard InChI is InChI=1S/C32H37Cl2N3O5S/c1-3-42-30-16-10-9-15-28(30)37(43(2,40)41)22-31(38)36(21-24-17-18-25(33)20-27(24)34)29(19-23-11-5-4-6-12-23)32(39)35-26-13-7-8-14-26/h4-6,9-12,15-18,20,26,29H,3,7-8,13-14,19,21-22H2,1-2H3,(H,35,39)/t29-/m0/s1. The number of carbonyl (C=O) groups excluding carboxylic acids is 2. The number of anilines is 1. The topological polar surface area (TPSA) is 96.0 Å². The van der Waals surface area contributed by atoms with E-state index in [2.05, 4.69) is 5.32 Å². The van der Waals surface area contributed by atoms with Gasteiger partial charge in [0.1, 0.15) is 18.3 Å². The number of ether oxygens (including phenoxy) is 1. The Morgan fingerprint density at radius 3 is 2.33 bits per heavy atom. The van der Waals surface area contributed by atoms with E-state index in [-0.39, 0.29) is 30.6 Å². The Hall–Kier alpha value is -3.27. The first-order chi connectivity index (χ1) is 20.6. The number of nitrogens with one attached hydrogen (secondary N) is 1. The summed E-state index contributed by atoms with van der Waals surface area (Å²) in [4.78, 5) is 29.7. The molecule has 4 rings (SSSR count). The van der Waals surface area contributed by atoms with Crippen molar-refractivity contribution in [1.82, 2.24) is 10.2 Å². The fourth-order valence-electron chi connectivity index (χ4n) is 5.29. The third kappa shape index (κ3) is 8.87. The zero-order valence-electron chi connectivity index (χ0n) is 24.3. The predicted octanol–water partition coefficient (Wildman–Crippen LogP) is 5.86. The van der Waals surface area contributed by atoms with Crippen LogP contribution in [-0.2, 0) is 32.6 Å². The summed E-state index contributed by atoms with van der Waals surface area (Å²) < 4.78 is 32.9. The van der Waals surface area contributed by atoms with Crippen LogP contribution >= 0.6 is 23.2 Å². The van der Waals surface area contributed by atoms with Crippen LogP contribution in [0.5, 0.6) is 5.75 Å². The van der Waals surface area contributed by atoms with Gasteiger partial charge in [-0.1, -0.05) is 84.6 Å². The monoisotopic (exact) mass is 645 g/mol. The quantitative estimate of drug-likeness (QED) is 0.251. The maximum Gasteiger partial charge on any atom is 0.244 e. The van der Waals surface area contributed by atoms with Gasteiger partial charge in [-0.05, 0) is 55.2 Å². The number of amides is 2. The van der Waals surface area contributed by atoms with Crippen LogP contribution in [0.4, 0.5) is 5.69 Å². The van der Waals surface area contributed by atoms with Crippen LogP contribution in [0.1, 0.15) is 43.7 Å². The van der Waals surface area contributed by atoms with Gasteiger partial charge in [-0.25, -0.2) is 8.42 Å². The molecule has 1 aliphatic carbocycles. The van der Waals surface area contributed by atoms with Crippen molar-refractivity contribution < 1.29 is 22.7 Å². The van der Waals surface area contributed by atoms with Crippen LogP contribution in [0, 0.1) is 0 Å². The highest BCUT2D eigenvalue weighted by Gasteiger charge is 2.35. The summed E-state index contributed by atoms with van der Waals surface area (Å²) in [5.41, 5.74) is 1.67. The Morgan fingerprint density at radius 1 is 1.00 bits per heavy atom. The maximum atomic E-state index is 14.3. The van der Waals surface area contributed by atoms with Crippen LogP contribution < -0.4 is 14.4 Å². The lowest BCUT2D eigenvalue weighted by atomic mass is 10.0. The van der Waals surface area contributed by atoms with Crippen LogP contribution in [0.25, 0.3) is 0 Å². The van der Waals surface area contributed by atoms with Crippen molar-refractivity contribution in [2.75, 3.05) is 23.7 Å². The smallest absolute Gasteiger partial charge is 0.244 e. The van der Waals surface area contributed by atoms with Crippen molar-refractivity contribution in [1.29, 1.82) is 0 Å². The van der Waals surface area contributed by atoms with Gasteiger partial charge in [-0.3, -0.25) is 13.9 Å². The van der Waals surface area contributed by atoms with E-state index in [9.17, 15) is 18.0 Å². The highest BCUT2D eigenvalue weighted by atomic mass is 35.5. The number of para-hydroxylation sites is 2. The lowest BCUT2D eigenvalue weighted by Crippen LogP contribution is -2.54. The largest absolute Gasteiger partial charge is 0.492 e. The second-order valence-electron chi connectivity index (χ2n) is 10.6. The molecule has 0 radical (unpaired) electrons. The molecule has 3 aromatic carbocycles. The van der Waals surface area contributed by atoms with E-state index < -0.39 is 28.5 Å². The van der Waals surface area contributed by atoms with Gasteiger partial charge in [-0.2, -0.15) is 0 Å². The predicted molar refractivity (Wildman–Crippen MR) is 171 cm³/mol. The number of halogens is 2. The fraction of sp³-hybridized carbons (Fsp3) is 0.375. The Balaban J connectivity index is 1.76. The molecular weight excluding hydrogens is 609 g/mol. The molecule has 0 aromatic heterocycles. The Morgan fingerprint density at radius 2 is 1.67 bits per heavy atom. The minimum Gasteiger partial charge on any atom is -0.492 e. The van der Waals surface area contributed by atoms with Gasteiger partial charge in [0.2, 0.25) is 21.8 Å². The molecule has 1 atom stereocenters. The van der Waals surface area contributed by atoms with Crippen LogP contribution in [0.3, 0.4) is 0 Å². The molecule has 11 heteroatoms. The average molecular weight is 647 g/mol. The highest BCUT2D eigenvalue weighted by Crippen LogP contribution is 2.31. The van der Waals surface area contributed by atoms with Gasteiger partial charge < -0.3 is 15.0 Å². The molecule has 0 heterocycles. The van der Waals surface area contributed by atoms with Gasteiger partial charge >= 0.3 is 0 Å². The zero-order valence-corrected chi connectivity index (χ0v) is 26.7. The van der Waals surface area contributed by atoms with E-state index in [0.29, 0.717) is 28.0 Å². The van der Waals surface area contributed by atoms with E-state index in [1.807, 2.05) is 30.3 Å². The second kappa shape index (κ2) is 14.9. The molecule has 0 bridgehead atoms. The molecule has 2 amide bonds. The van der Waals surface area contributed by atoms with Crippen molar-refractivity contribution >= 4 is 50.7 Å². The summed E-state index contributed by atoms with van der Waals surface area (Å²) in [6.07, 6.45) is 5.07. The summed E-state index contributed by atoms with van der Waals surface area (Å²) in [5, 5.41) is 3.91. The number of nitrogens with zero attached hydrogens (tertiary/aromatic N) is 2. The van der Waals surface area contributed by atoms with Crippen molar-refractivity contribution in [3.05, 3.63) is 94.0 Å². The first-order valence-corrected chi connectivity index (χ1v) is 16.9. The van der Waals surface area contributed by atoms with E-state index in [1.165, 1.54) is 4.90 Å². The molecule has 230 valence electrons. The minimum absolute atomic E-state index is 0.0208. The first kappa shape index (κ1) is 32.6. The average Bonchev–Trinajstić information content (AvgIpc) is 3.48. The number of sulfonamides is 1. The van der Waals surface area contributed by atoms with Crippen LogP contribution in [-0.4, -0.2) is 56.6 Å². The number of hydrogen-bond acceptors (Lipinski definition) is 5. The fourth-order valence-corrected chi connectivity index (χ4v) is 6.61. The van der Waals surface area contributed by atoms with Gasteiger partial charge in [0, 0.05) is 29.1 Å². The van der Waals surface area contributed by atoms with Crippen molar-refractivity contribution in [2.24, 2.45) is 0 Å². The molecule has 8 nitrogen and oxygen atoms in total. The molecule has 1 N–H and O–H groups in total. The van der Waals surface area contributed by atoms with Crippen molar-refractivity contribution in [3.8, 4) is 5.75 Å². The van der Waals surface area contributed by atoms with Crippen LogP contribution in [0.2, 0.25) is 10.0 Å². The van der Waals surface area contributed by atoms with Gasteiger partial charge in [0.15, 0.2) is 0 Å². The Kier molecular flexibility index (Phi) is 11.3. The second-order valence-corrected chi connectivity index (χ2v) is 13.4. The zero-order chi connectivity index (χ0) is 31.0. The van der Waals surface area contributed by atoms with E-state index in [0.717, 1.165) is 41.8 Å². The van der Waals surface area contributed by atoms with E-state index in [1.54, 1.807) is 49.4 Å². The molecule has 1 aliphatic rings. The number of benzene rings is 3. The SMILES string of the molecule is CCOc1ccccc1N(CC(=O)N(Cc1ccc(Cl)cc1Cl)[C@@H](Cc1ccccc1)C(=O)NC1CCCC1)S(C)(=O)=O. The minimum atomic E-state index is -3.94. The third-order valence-electron chi connectivity index (χ3n) is 7.44. The van der Waals surface area contributed by atoms with Crippen molar-refractivity contribution in [2.45, 2.75) is 57.7 Å². The maximum absolute atomic E-state index is 14.3. The number of rotatable bonds is 13. The molecular formula is C32H37Cl2N3O5S. The first-order valence-electron chi connectivity index (χ1n) is 14.3. The summed E-state index contributed by atoms with van der Waals surface area (Å²) in [6.45, 7) is 1.52. The molecule has 0 saturated heterocycles. The molecule has 43 heavy (non-hydrogen) atoms. The summed E-state index contributed by atoms with van der Waals surface area (Å²) in [5.74, 6) is -0.532. The van der Waals surface area contributed by atoms with Crippen molar-refractivity contribution in [3.63, 3.8) is 0 Å². The highest BCUT2D eigenvalue weighted by molar-refractivity contribution is 7.92. The summed E-state index contributed by atoms with van der Waals surface area (Å²) in [7, 11) is -3.94. The molecule has 3 aromatic rings. The van der Waals surface area contributed by atoms with Gasteiger partial charge in [0.05, 0.1) is 18.6 Å². The number of carbonyl (C=O) groups is 2. The Labute approximate surface area is 264 Å². The van der Waals surface area contributed by atoms with Crippen LogP contribution in [0.15, 0.2) is 72.8 Å². The molecule has 1 saturated carbocycles. The van der Waals surface area contributed by atoms with Gasteiger partial charge in [-0.15, -0.1) is 0 Å². The van der Waals surface area contributed by atoms with Gasteiger partial charge in [0.25, 0.3) is 0 Å². The summed E-state index contributed by atoms with van der Waals surface area (Å²) >= 11 is 12.7. The molecule has 1 fully saturated rings. The molecule has 0 spiro atoms. The molecule has 0 unspecified atom stereocenters. The lowest BCUT2D eigenvalue weighted by Gasteiger charge is -2.34. The number of hydrogen-bond donors (Lipinski definition) is 1. The Bertz CT molecular complexity index is 1510. The van der Waals surface area contributed by atoms with E-state index in [4.69, 9.17) is 27.9 Å². The third-order valence-corrected chi connectivity index (χ3v) is 9.15. The molecule has 0 aliphatic heterocycles. The lowest BCUT2D eigenvalue weighted by molar-refractivity contribution is -0.140. The summed E-state index contributed by atoms with van der Waals surface area (Å²) in [6, 6.07) is 20.1. The van der Waals surface area contributed by atoms with E-state index >= 15 is 0 Å².